The molecule has 0 bridgehead atoms. The Morgan fingerprint density at radius 1 is 1.70 bits per heavy atom. The molecule has 0 rings (SSSR count). The van der Waals surface area contributed by atoms with Crippen molar-refractivity contribution in [1.82, 2.24) is 0 Å². The normalized spacial score (nSPS) is 12.3. The molecular weight excluding hydrogens is 136 g/mol. The molecule has 0 aromatic rings. The van der Waals surface area contributed by atoms with Gasteiger partial charge in [0.15, 0.2) is 0 Å². The third-order valence-electron chi connectivity index (χ3n) is 0.817. The molecule has 0 aliphatic carbocycles. The van der Waals surface area contributed by atoms with Crippen molar-refractivity contribution in [2.24, 2.45) is 0 Å². The topological polar surface area (TPSA) is 55.8 Å². The molecular formula is C6H12O4. The van der Waals surface area contributed by atoms with Crippen molar-refractivity contribution in [3.63, 3.8) is 0 Å². The van der Waals surface area contributed by atoms with Crippen LogP contribution in [0.3, 0.4) is 0 Å². The molecule has 0 spiro atoms. The van der Waals surface area contributed by atoms with E-state index in [0.717, 1.165) is 0 Å². The molecule has 0 aromatic carbocycles. The van der Waals surface area contributed by atoms with Gasteiger partial charge in [0, 0.05) is 0 Å². The van der Waals surface area contributed by atoms with Crippen LogP contribution in [0.2, 0.25) is 0 Å². The average molecular weight is 148 g/mol. The zero-order valence-corrected chi connectivity index (χ0v) is 6.16. The molecule has 60 valence electrons. The highest BCUT2D eigenvalue weighted by atomic mass is 16.7. The van der Waals surface area contributed by atoms with Crippen LogP contribution in [0.15, 0.2) is 0 Å². The highest BCUT2D eigenvalue weighted by Crippen LogP contribution is 1.92. The van der Waals surface area contributed by atoms with Gasteiger partial charge in [-0.05, 0) is 13.8 Å². The second-order valence-corrected chi connectivity index (χ2v) is 1.79. The van der Waals surface area contributed by atoms with E-state index in [1.807, 2.05) is 0 Å². The minimum absolute atomic E-state index is 0.182. The Bertz CT molecular complexity index is 102. The number of rotatable bonds is 3. The van der Waals surface area contributed by atoms with Crippen molar-refractivity contribution in [2.45, 2.75) is 20.0 Å². The first-order valence-electron chi connectivity index (χ1n) is 3.15. The second-order valence-electron chi connectivity index (χ2n) is 1.79. The first-order chi connectivity index (χ1) is 4.70. The summed E-state index contributed by atoms with van der Waals surface area (Å²) in [6, 6.07) is 0. The molecule has 1 atom stereocenters. The summed E-state index contributed by atoms with van der Waals surface area (Å²) < 4.78 is 8.97. The maximum atomic E-state index is 10.5. The first-order valence-corrected chi connectivity index (χ1v) is 3.15. The van der Waals surface area contributed by atoms with Crippen LogP contribution < -0.4 is 0 Å². The van der Waals surface area contributed by atoms with Crippen LogP contribution in [0.25, 0.3) is 0 Å². The SMILES string of the molecule is CCOC(=O)O[C@H](C)CO. The van der Waals surface area contributed by atoms with Crippen molar-refractivity contribution in [3.8, 4) is 0 Å². The van der Waals surface area contributed by atoms with Gasteiger partial charge in [0.1, 0.15) is 6.10 Å². The summed E-state index contributed by atoms with van der Waals surface area (Å²) in [5.74, 6) is 0. The van der Waals surface area contributed by atoms with Crippen molar-refractivity contribution < 1.29 is 19.4 Å². The molecule has 0 saturated heterocycles. The fourth-order valence-electron chi connectivity index (χ4n) is 0.353. The molecule has 0 heterocycles. The standard InChI is InChI=1S/C6H12O4/c1-3-9-6(8)10-5(2)4-7/h5,7H,3-4H2,1-2H3/t5-/m1/s1. The molecule has 10 heavy (non-hydrogen) atoms. The fourth-order valence-corrected chi connectivity index (χ4v) is 0.353. The van der Waals surface area contributed by atoms with E-state index in [1.165, 1.54) is 0 Å². The molecule has 0 amide bonds. The van der Waals surface area contributed by atoms with Crippen molar-refractivity contribution in [1.29, 1.82) is 0 Å². The summed E-state index contributed by atoms with van der Waals surface area (Å²) in [6.07, 6.45) is -1.22. The van der Waals surface area contributed by atoms with Crippen LogP contribution in [0.1, 0.15) is 13.8 Å². The lowest BCUT2D eigenvalue weighted by Crippen LogP contribution is -2.18. The molecule has 0 radical (unpaired) electrons. The molecule has 4 heteroatoms. The minimum atomic E-state index is -0.732. The minimum Gasteiger partial charge on any atom is -0.435 e. The largest absolute Gasteiger partial charge is 0.508 e. The van der Waals surface area contributed by atoms with Gasteiger partial charge in [-0.25, -0.2) is 4.79 Å². The zero-order valence-electron chi connectivity index (χ0n) is 6.16. The molecule has 1 N–H and O–H groups in total. The number of hydrogen-bond acceptors (Lipinski definition) is 4. The highest BCUT2D eigenvalue weighted by molar-refractivity contribution is 5.59. The Morgan fingerprint density at radius 3 is 2.70 bits per heavy atom. The van der Waals surface area contributed by atoms with E-state index in [9.17, 15) is 4.79 Å². The van der Waals surface area contributed by atoms with Gasteiger partial charge >= 0.3 is 6.16 Å². The van der Waals surface area contributed by atoms with E-state index >= 15 is 0 Å². The fraction of sp³-hybridized carbons (Fsp3) is 0.833. The molecule has 0 fully saturated rings. The van der Waals surface area contributed by atoms with E-state index in [0.29, 0.717) is 0 Å². The summed E-state index contributed by atoms with van der Waals surface area (Å²) in [5, 5.41) is 8.42. The number of ether oxygens (including phenoxy) is 2. The molecule has 0 aliphatic heterocycles. The van der Waals surface area contributed by atoms with Gasteiger partial charge < -0.3 is 14.6 Å². The van der Waals surface area contributed by atoms with Crippen LogP contribution in [-0.2, 0) is 9.47 Å². The predicted octanol–water partition coefficient (Wildman–Crippen LogP) is 0.540. The van der Waals surface area contributed by atoms with E-state index in [-0.39, 0.29) is 13.2 Å². The second kappa shape index (κ2) is 5.05. The smallest absolute Gasteiger partial charge is 0.435 e. The first kappa shape index (κ1) is 9.23. The van der Waals surface area contributed by atoms with Gasteiger partial charge in [0.25, 0.3) is 0 Å². The molecule has 0 aliphatic rings. The Labute approximate surface area is 59.7 Å². The van der Waals surface area contributed by atoms with Crippen molar-refractivity contribution >= 4 is 6.16 Å². The monoisotopic (exact) mass is 148 g/mol. The average Bonchev–Trinajstić information content (AvgIpc) is 1.88. The maximum Gasteiger partial charge on any atom is 0.508 e. The van der Waals surface area contributed by atoms with E-state index in [4.69, 9.17) is 5.11 Å². The lowest BCUT2D eigenvalue weighted by Gasteiger charge is -2.08. The molecule has 0 aromatic heterocycles. The van der Waals surface area contributed by atoms with Crippen LogP contribution in [0.5, 0.6) is 0 Å². The van der Waals surface area contributed by atoms with E-state index < -0.39 is 12.3 Å². The van der Waals surface area contributed by atoms with Crippen LogP contribution >= 0.6 is 0 Å². The van der Waals surface area contributed by atoms with Crippen molar-refractivity contribution in [2.75, 3.05) is 13.2 Å². The molecule has 4 nitrogen and oxygen atoms in total. The van der Waals surface area contributed by atoms with Crippen LogP contribution in [-0.4, -0.2) is 30.6 Å². The summed E-state index contributed by atoms with van der Waals surface area (Å²) >= 11 is 0. The van der Waals surface area contributed by atoms with Gasteiger partial charge in [-0.1, -0.05) is 0 Å². The number of aliphatic hydroxyl groups excluding tert-OH is 1. The predicted molar refractivity (Wildman–Crippen MR) is 34.7 cm³/mol. The quantitative estimate of drug-likeness (QED) is 0.593. The zero-order chi connectivity index (χ0) is 7.98. The highest BCUT2D eigenvalue weighted by Gasteiger charge is 2.07. The van der Waals surface area contributed by atoms with Gasteiger partial charge in [-0.15, -0.1) is 0 Å². The lowest BCUT2D eigenvalue weighted by atomic mass is 10.4. The lowest BCUT2D eigenvalue weighted by molar-refractivity contribution is 0.0123. The number of aliphatic hydroxyl groups is 1. The number of carbonyl (C=O) groups excluding carboxylic acids is 1. The Balaban J connectivity index is 3.37. The van der Waals surface area contributed by atoms with Crippen molar-refractivity contribution in [3.05, 3.63) is 0 Å². The molecule has 0 unspecified atom stereocenters. The van der Waals surface area contributed by atoms with Gasteiger partial charge in [-0.2, -0.15) is 0 Å². The Hall–Kier alpha value is -0.770. The van der Waals surface area contributed by atoms with Crippen LogP contribution in [0.4, 0.5) is 4.79 Å². The van der Waals surface area contributed by atoms with Gasteiger partial charge in [-0.3, -0.25) is 0 Å². The summed E-state index contributed by atoms with van der Waals surface area (Å²) in [5.41, 5.74) is 0. The van der Waals surface area contributed by atoms with Gasteiger partial charge in [0.05, 0.1) is 13.2 Å². The summed E-state index contributed by atoms with van der Waals surface area (Å²) in [7, 11) is 0. The number of hydrogen-bond donors (Lipinski definition) is 1. The third-order valence-corrected chi connectivity index (χ3v) is 0.817. The van der Waals surface area contributed by atoms with E-state index in [1.54, 1.807) is 13.8 Å². The Morgan fingerprint density at radius 2 is 2.30 bits per heavy atom. The van der Waals surface area contributed by atoms with Crippen LogP contribution in [0, 0.1) is 0 Å². The Kier molecular flexibility index (Phi) is 4.66. The summed E-state index contributed by atoms with van der Waals surface area (Å²) in [4.78, 5) is 10.5. The summed E-state index contributed by atoms with van der Waals surface area (Å²) in [6.45, 7) is 3.37. The maximum absolute atomic E-state index is 10.5. The number of carbonyl (C=O) groups is 1. The third kappa shape index (κ3) is 4.14. The van der Waals surface area contributed by atoms with E-state index in [2.05, 4.69) is 9.47 Å². The van der Waals surface area contributed by atoms with Gasteiger partial charge in [0.2, 0.25) is 0 Å². The molecule has 0 saturated carbocycles.